The van der Waals surface area contributed by atoms with Crippen molar-refractivity contribution in [2.24, 2.45) is 5.73 Å². The first-order valence-electron chi connectivity index (χ1n) is 12.9. The largest absolute Gasteiger partial charge is 0.484 e. The number of aromatic nitrogens is 3. The summed E-state index contributed by atoms with van der Waals surface area (Å²) in [5.74, 6) is -0.701. The van der Waals surface area contributed by atoms with Gasteiger partial charge in [-0.15, -0.1) is 11.3 Å². The molecule has 0 aliphatic carbocycles. The molecule has 0 aliphatic rings. The van der Waals surface area contributed by atoms with Gasteiger partial charge in [-0.2, -0.15) is 13.2 Å². The van der Waals surface area contributed by atoms with Gasteiger partial charge in [0.05, 0.1) is 22.3 Å². The summed E-state index contributed by atoms with van der Waals surface area (Å²) in [7, 11) is 0. The maximum Gasteiger partial charge on any atom is 0.418 e. The van der Waals surface area contributed by atoms with Crippen LogP contribution in [0.5, 0.6) is 5.75 Å². The molecule has 3 heterocycles. The second kappa shape index (κ2) is 10.7. The molecule has 0 bridgehead atoms. The highest BCUT2D eigenvalue weighted by Gasteiger charge is 2.35. The fourth-order valence-corrected chi connectivity index (χ4v) is 5.46. The molecule has 8 nitrogen and oxygen atoms in total. The van der Waals surface area contributed by atoms with E-state index in [1.54, 1.807) is 56.1 Å². The highest BCUT2D eigenvalue weighted by Crippen LogP contribution is 2.39. The van der Waals surface area contributed by atoms with Gasteiger partial charge in [-0.25, -0.2) is 9.78 Å². The van der Waals surface area contributed by atoms with Gasteiger partial charge in [0.1, 0.15) is 33.7 Å². The molecule has 0 fully saturated rings. The number of rotatable bonds is 6. The quantitative estimate of drug-likeness (QED) is 0.218. The molecular formula is C30H27F3N4O4S. The molecule has 2 N–H and O–H groups in total. The normalized spacial score (nSPS) is 12.8. The molecule has 0 saturated carbocycles. The van der Waals surface area contributed by atoms with Gasteiger partial charge in [-0.3, -0.25) is 13.9 Å². The molecule has 3 aromatic heterocycles. The molecule has 2 aromatic carbocycles. The fourth-order valence-electron chi connectivity index (χ4n) is 4.54. The zero-order valence-electron chi connectivity index (χ0n) is 23.1. The Labute approximate surface area is 243 Å². The van der Waals surface area contributed by atoms with Crippen LogP contribution < -0.4 is 10.5 Å². The Hall–Kier alpha value is -4.58. The highest BCUT2D eigenvalue weighted by molar-refractivity contribution is 7.16. The van der Waals surface area contributed by atoms with Crippen molar-refractivity contribution < 1.29 is 32.2 Å². The highest BCUT2D eigenvalue weighted by atomic mass is 32.1. The molecule has 0 radical (unpaired) electrons. The Kier molecular flexibility index (Phi) is 7.35. The van der Waals surface area contributed by atoms with Crippen LogP contribution in [0, 0.1) is 0 Å². The molecular weight excluding hydrogens is 569 g/mol. The third-order valence-corrected chi connectivity index (χ3v) is 7.47. The molecule has 0 aliphatic heterocycles. The van der Waals surface area contributed by atoms with Gasteiger partial charge in [0.25, 0.3) is 5.91 Å². The Morgan fingerprint density at radius 3 is 2.45 bits per heavy atom. The van der Waals surface area contributed by atoms with Gasteiger partial charge < -0.3 is 15.2 Å². The lowest BCUT2D eigenvalue weighted by atomic mass is 10.0. The van der Waals surface area contributed by atoms with Crippen LogP contribution in [0.1, 0.15) is 54.6 Å². The van der Waals surface area contributed by atoms with Crippen molar-refractivity contribution in [1.29, 1.82) is 0 Å². The van der Waals surface area contributed by atoms with Gasteiger partial charge in [-0.05, 0) is 58.0 Å². The van der Waals surface area contributed by atoms with E-state index in [1.165, 1.54) is 29.7 Å². The van der Waals surface area contributed by atoms with Crippen molar-refractivity contribution in [3.8, 4) is 22.0 Å². The Morgan fingerprint density at radius 1 is 1.02 bits per heavy atom. The van der Waals surface area contributed by atoms with Crippen LogP contribution in [0.2, 0.25) is 0 Å². The van der Waals surface area contributed by atoms with Crippen molar-refractivity contribution in [2.45, 2.75) is 45.6 Å². The van der Waals surface area contributed by atoms with Gasteiger partial charge in [0.2, 0.25) is 0 Å². The standard InChI is InChI=1S/C30H27F3N4O4S/c1-17(19-8-5-6-9-20(19)30(31,32)33)40-24-15-25(42-26(24)27(34)38)37-16-35-21-14-18(11-12-23(21)37)22-10-7-13-36(22)28(39)41-29(2,3)4/h5-17H,1-4H3,(H2,34,38)/t17-/m1/s1. The molecule has 0 unspecified atom stereocenters. The summed E-state index contributed by atoms with van der Waals surface area (Å²) in [4.78, 5) is 29.5. The van der Waals surface area contributed by atoms with Gasteiger partial charge in [0, 0.05) is 23.4 Å². The molecule has 42 heavy (non-hydrogen) atoms. The summed E-state index contributed by atoms with van der Waals surface area (Å²) in [6.07, 6.45) is -2.91. The van der Waals surface area contributed by atoms with Gasteiger partial charge in [0.15, 0.2) is 0 Å². The number of carbonyl (C=O) groups is 2. The average molecular weight is 597 g/mol. The van der Waals surface area contributed by atoms with Crippen molar-refractivity contribution >= 4 is 34.4 Å². The first kappa shape index (κ1) is 28.9. The number of benzene rings is 2. The maximum atomic E-state index is 13.6. The monoisotopic (exact) mass is 596 g/mol. The molecule has 0 spiro atoms. The van der Waals surface area contributed by atoms with E-state index in [1.807, 2.05) is 18.2 Å². The number of primary amides is 1. The van der Waals surface area contributed by atoms with E-state index < -0.39 is 35.4 Å². The predicted molar refractivity (Wildman–Crippen MR) is 153 cm³/mol. The number of hydrogen-bond acceptors (Lipinski definition) is 6. The SMILES string of the molecule is C[C@@H](Oc1cc(-n2cnc3cc(-c4cccn4C(=O)OC(C)(C)C)ccc32)sc1C(N)=O)c1ccccc1C(F)(F)F. The van der Waals surface area contributed by atoms with Crippen molar-refractivity contribution in [3.63, 3.8) is 0 Å². The number of carbonyl (C=O) groups excluding carboxylic acids is 2. The van der Waals surface area contributed by atoms with E-state index in [2.05, 4.69) is 4.98 Å². The maximum absolute atomic E-state index is 13.6. The minimum absolute atomic E-state index is 0.0648. The van der Waals surface area contributed by atoms with Crippen molar-refractivity contribution in [1.82, 2.24) is 14.1 Å². The number of hydrogen-bond donors (Lipinski definition) is 1. The van der Waals surface area contributed by atoms with Crippen LogP contribution in [0.15, 0.2) is 73.2 Å². The fraction of sp³-hybridized carbons (Fsp3) is 0.233. The topological polar surface area (TPSA) is 101 Å². The molecule has 218 valence electrons. The predicted octanol–water partition coefficient (Wildman–Crippen LogP) is 7.60. The lowest BCUT2D eigenvalue weighted by Gasteiger charge is -2.20. The number of imidazole rings is 1. The number of nitrogens with two attached hydrogens (primary N) is 1. The number of thiophene rings is 1. The van der Waals surface area contributed by atoms with Crippen molar-refractivity contribution in [3.05, 3.63) is 89.2 Å². The summed E-state index contributed by atoms with van der Waals surface area (Å²) in [5, 5.41) is 0.530. The van der Waals surface area contributed by atoms with E-state index in [4.69, 9.17) is 15.2 Å². The number of halogens is 3. The second-order valence-electron chi connectivity index (χ2n) is 10.5. The van der Waals surface area contributed by atoms with E-state index in [-0.39, 0.29) is 16.2 Å². The lowest BCUT2D eigenvalue weighted by Crippen LogP contribution is -2.27. The number of amides is 1. The van der Waals surface area contributed by atoms with E-state index in [9.17, 15) is 22.8 Å². The minimum Gasteiger partial charge on any atom is -0.484 e. The molecule has 1 amide bonds. The summed E-state index contributed by atoms with van der Waals surface area (Å²) >= 11 is 1.04. The average Bonchev–Trinajstić information content (AvgIpc) is 3.65. The number of ether oxygens (including phenoxy) is 2. The van der Waals surface area contributed by atoms with Gasteiger partial charge >= 0.3 is 12.3 Å². The smallest absolute Gasteiger partial charge is 0.418 e. The Bertz CT molecular complexity index is 1800. The summed E-state index contributed by atoms with van der Waals surface area (Å²) in [6.45, 7) is 6.85. The zero-order valence-corrected chi connectivity index (χ0v) is 23.9. The molecule has 5 aromatic rings. The summed E-state index contributed by atoms with van der Waals surface area (Å²) in [6, 6.07) is 15.7. The van der Waals surface area contributed by atoms with Crippen LogP contribution in [-0.4, -0.2) is 31.7 Å². The van der Waals surface area contributed by atoms with Gasteiger partial charge in [-0.1, -0.05) is 24.3 Å². The number of nitrogens with zero attached hydrogens (tertiary/aromatic N) is 3. The summed E-state index contributed by atoms with van der Waals surface area (Å²) in [5.41, 5.74) is 6.71. The molecule has 5 rings (SSSR count). The third-order valence-electron chi connectivity index (χ3n) is 6.34. The number of alkyl halides is 3. The second-order valence-corrected chi connectivity index (χ2v) is 11.6. The molecule has 1 atom stereocenters. The lowest BCUT2D eigenvalue weighted by molar-refractivity contribution is -0.139. The molecule has 12 heteroatoms. The number of fused-ring (bicyclic) bond motifs is 1. The first-order chi connectivity index (χ1) is 19.7. The van der Waals surface area contributed by atoms with Crippen LogP contribution in [-0.2, 0) is 10.9 Å². The van der Waals surface area contributed by atoms with Crippen LogP contribution in [0.3, 0.4) is 0 Å². The van der Waals surface area contributed by atoms with E-state index in [0.717, 1.165) is 23.0 Å². The van der Waals surface area contributed by atoms with Crippen LogP contribution in [0.4, 0.5) is 18.0 Å². The van der Waals surface area contributed by atoms with E-state index >= 15 is 0 Å². The Balaban J connectivity index is 1.47. The third kappa shape index (κ3) is 5.75. The summed E-state index contributed by atoms with van der Waals surface area (Å²) < 4.78 is 55.3. The molecule has 0 saturated heterocycles. The first-order valence-corrected chi connectivity index (χ1v) is 13.7. The Morgan fingerprint density at radius 2 is 1.76 bits per heavy atom. The van der Waals surface area contributed by atoms with Crippen molar-refractivity contribution in [2.75, 3.05) is 0 Å². The van der Waals surface area contributed by atoms with Crippen LogP contribution >= 0.6 is 11.3 Å². The van der Waals surface area contributed by atoms with E-state index in [0.29, 0.717) is 21.7 Å². The minimum atomic E-state index is -4.57. The zero-order chi connectivity index (χ0) is 30.4. The van der Waals surface area contributed by atoms with Crippen LogP contribution in [0.25, 0.3) is 27.3 Å².